The number of piperidine rings is 2. The molecule has 0 spiro atoms. The summed E-state index contributed by atoms with van der Waals surface area (Å²) < 4.78 is 5.16. The molecule has 5 nitrogen and oxygen atoms in total. The minimum Gasteiger partial charge on any atom is -0.465 e. The molecule has 3 aromatic rings. The number of esters is 1. The van der Waals surface area contributed by atoms with Crippen molar-refractivity contribution in [3.8, 4) is 0 Å². The van der Waals surface area contributed by atoms with Crippen LogP contribution < -0.4 is 0 Å². The lowest BCUT2D eigenvalue weighted by atomic mass is 9.74. The summed E-state index contributed by atoms with van der Waals surface area (Å²) in [7, 11) is 0. The Balaban J connectivity index is 1.50. The molecule has 1 unspecified atom stereocenters. The van der Waals surface area contributed by atoms with Gasteiger partial charge in [-0.3, -0.25) is 19.4 Å². The second kappa shape index (κ2) is 14.3. The highest BCUT2D eigenvalue weighted by Crippen LogP contribution is 2.45. The van der Waals surface area contributed by atoms with E-state index in [1.165, 1.54) is 34.0 Å². The van der Waals surface area contributed by atoms with Crippen LogP contribution in [0.3, 0.4) is 0 Å². The molecule has 0 radical (unpaired) electrons. The SMILES string of the molecule is CCOC(=O)CN1CCC(/C=C2/CN(C(c3ccccc3)(c3ccccc3)c3ccccc3)CCC2SC(C)=O)CC1. The van der Waals surface area contributed by atoms with Crippen molar-refractivity contribution in [3.05, 3.63) is 119 Å². The molecule has 220 valence electrons. The number of nitrogens with zero attached hydrogens (tertiary/aromatic N) is 2. The Morgan fingerprint density at radius 2 is 1.36 bits per heavy atom. The van der Waals surface area contributed by atoms with Gasteiger partial charge in [-0.25, -0.2) is 0 Å². The fourth-order valence-electron chi connectivity index (χ4n) is 6.70. The third-order valence-corrected chi connectivity index (χ3v) is 9.70. The van der Waals surface area contributed by atoms with E-state index in [1.54, 1.807) is 6.92 Å². The second-order valence-electron chi connectivity index (χ2n) is 11.3. The average molecular weight is 583 g/mol. The number of thioether (sulfide) groups is 1. The summed E-state index contributed by atoms with van der Waals surface area (Å²) in [5, 5.41) is 0.348. The summed E-state index contributed by atoms with van der Waals surface area (Å²) in [5.41, 5.74) is 4.60. The van der Waals surface area contributed by atoms with Crippen LogP contribution >= 0.6 is 11.8 Å². The van der Waals surface area contributed by atoms with Crippen LogP contribution in [0, 0.1) is 5.92 Å². The molecule has 2 aliphatic heterocycles. The lowest BCUT2D eigenvalue weighted by molar-refractivity contribution is -0.144. The van der Waals surface area contributed by atoms with Crippen molar-refractivity contribution in [3.63, 3.8) is 0 Å². The molecule has 0 amide bonds. The molecule has 2 aliphatic rings. The van der Waals surface area contributed by atoms with Crippen LogP contribution in [0.4, 0.5) is 0 Å². The van der Waals surface area contributed by atoms with Crippen molar-refractivity contribution < 1.29 is 14.3 Å². The predicted octanol–water partition coefficient (Wildman–Crippen LogP) is 6.53. The summed E-state index contributed by atoms with van der Waals surface area (Å²) >= 11 is 1.48. The van der Waals surface area contributed by atoms with Gasteiger partial charge in [0, 0.05) is 25.3 Å². The van der Waals surface area contributed by atoms with E-state index in [0.29, 0.717) is 19.1 Å². The van der Waals surface area contributed by atoms with E-state index in [2.05, 4.69) is 107 Å². The largest absolute Gasteiger partial charge is 0.465 e. The van der Waals surface area contributed by atoms with Crippen LogP contribution in [0.1, 0.15) is 49.8 Å². The Hall–Kier alpha value is -3.19. The fourth-order valence-corrected chi connectivity index (χ4v) is 7.62. The first-order valence-corrected chi connectivity index (χ1v) is 16.1. The van der Waals surface area contributed by atoms with Crippen molar-refractivity contribution in [1.82, 2.24) is 9.80 Å². The molecule has 2 fully saturated rings. The summed E-state index contributed by atoms with van der Waals surface area (Å²) in [4.78, 5) is 29.2. The Labute approximate surface area is 254 Å². The number of likely N-dealkylation sites (tertiary alicyclic amines) is 2. The Morgan fingerprint density at radius 3 is 1.83 bits per heavy atom. The van der Waals surface area contributed by atoms with Gasteiger partial charge in [0.15, 0.2) is 5.12 Å². The Kier molecular flexibility index (Phi) is 10.3. The summed E-state index contributed by atoms with van der Waals surface area (Å²) in [6, 6.07) is 32.5. The molecule has 0 aliphatic carbocycles. The van der Waals surface area contributed by atoms with Gasteiger partial charge in [-0.05, 0) is 67.5 Å². The Bertz CT molecular complexity index is 1240. The highest BCUT2D eigenvalue weighted by Gasteiger charge is 2.44. The van der Waals surface area contributed by atoms with Gasteiger partial charge >= 0.3 is 5.97 Å². The molecule has 0 bridgehead atoms. The molecular weight excluding hydrogens is 540 g/mol. The van der Waals surface area contributed by atoms with Gasteiger partial charge < -0.3 is 4.74 Å². The zero-order valence-electron chi connectivity index (χ0n) is 24.8. The highest BCUT2D eigenvalue weighted by molar-refractivity contribution is 8.14. The molecule has 2 heterocycles. The molecule has 5 rings (SSSR count). The van der Waals surface area contributed by atoms with E-state index >= 15 is 0 Å². The first-order valence-electron chi connectivity index (χ1n) is 15.2. The van der Waals surface area contributed by atoms with Crippen LogP contribution in [0.15, 0.2) is 103 Å². The summed E-state index contributed by atoms with van der Waals surface area (Å²) in [6.07, 6.45) is 5.38. The molecular formula is C36H42N2O3S. The predicted molar refractivity (Wildman–Crippen MR) is 171 cm³/mol. The number of ether oxygens (including phenoxy) is 1. The molecule has 0 saturated carbocycles. The maximum Gasteiger partial charge on any atom is 0.320 e. The number of allylic oxidation sites excluding steroid dienone is 1. The van der Waals surface area contributed by atoms with Crippen LogP contribution in [0.5, 0.6) is 0 Å². The van der Waals surface area contributed by atoms with E-state index in [-0.39, 0.29) is 16.3 Å². The lowest BCUT2D eigenvalue weighted by Gasteiger charge is -2.49. The topological polar surface area (TPSA) is 49.9 Å². The summed E-state index contributed by atoms with van der Waals surface area (Å²) in [5.74, 6) is 0.280. The van der Waals surface area contributed by atoms with Gasteiger partial charge in [0.2, 0.25) is 0 Å². The van der Waals surface area contributed by atoms with E-state index < -0.39 is 5.54 Å². The van der Waals surface area contributed by atoms with Crippen molar-refractivity contribution in [1.29, 1.82) is 0 Å². The molecule has 2 saturated heterocycles. The number of benzene rings is 3. The van der Waals surface area contributed by atoms with Crippen LogP contribution in [-0.4, -0.2) is 65.5 Å². The quantitative estimate of drug-likeness (QED) is 0.162. The fraction of sp³-hybridized carbons (Fsp3) is 0.389. The molecule has 42 heavy (non-hydrogen) atoms. The van der Waals surface area contributed by atoms with Gasteiger partial charge in [0.25, 0.3) is 0 Å². The van der Waals surface area contributed by atoms with E-state index in [0.717, 1.165) is 45.4 Å². The Morgan fingerprint density at radius 1 is 0.833 bits per heavy atom. The maximum absolute atomic E-state index is 12.4. The zero-order chi connectivity index (χ0) is 29.4. The van der Waals surface area contributed by atoms with Gasteiger partial charge in [-0.15, -0.1) is 0 Å². The molecule has 6 heteroatoms. The van der Waals surface area contributed by atoms with Gasteiger partial charge in [-0.1, -0.05) is 109 Å². The van der Waals surface area contributed by atoms with E-state index in [1.807, 2.05) is 6.92 Å². The number of carbonyl (C=O) groups is 2. The average Bonchev–Trinajstić information content (AvgIpc) is 3.01. The molecule has 1 atom stereocenters. The smallest absolute Gasteiger partial charge is 0.320 e. The minimum atomic E-state index is -0.474. The number of carbonyl (C=O) groups excluding carboxylic acids is 2. The molecule has 0 aromatic heterocycles. The summed E-state index contributed by atoms with van der Waals surface area (Å²) in [6.45, 7) is 7.73. The second-order valence-corrected chi connectivity index (χ2v) is 12.7. The van der Waals surface area contributed by atoms with E-state index in [9.17, 15) is 9.59 Å². The molecule has 3 aromatic carbocycles. The van der Waals surface area contributed by atoms with Crippen molar-refractivity contribution in [2.24, 2.45) is 5.92 Å². The van der Waals surface area contributed by atoms with Gasteiger partial charge in [-0.2, -0.15) is 0 Å². The van der Waals surface area contributed by atoms with Crippen LogP contribution in [-0.2, 0) is 19.9 Å². The number of rotatable bonds is 9. The zero-order valence-corrected chi connectivity index (χ0v) is 25.6. The van der Waals surface area contributed by atoms with Crippen molar-refractivity contribution in [2.75, 3.05) is 39.3 Å². The molecule has 0 N–H and O–H groups in total. The van der Waals surface area contributed by atoms with Gasteiger partial charge in [0.1, 0.15) is 0 Å². The lowest BCUT2D eigenvalue weighted by Crippen LogP contribution is -2.52. The van der Waals surface area contributed by atoms with E-state index in [4.69, 9.17) is 4.74 Å². The monoisotopic (exact) mass is 582 g/mol. The third kappa shape index (κ3) is 6.88. The third-order valence-electron chi connectivity index (χ3n) is 8.55. The maximum atomic E-state index is 12.4. The van der Waals surface area contributed by atoms with Gasteiger partial charge in [0.05, 0.1) is 18.7 Å². The number of hydrogen-bond donors (Lipinski definition) is 0. The van der Waals surface area contributed by atoms with Crippen LogP contribution in [0.2, 0.25) is 0 Å². The first kappa shape index (κ1) is 30.3. The normalized spacial score (nSPS) is 20.0. The minimum absolute atomic E-state index is 0.144. The van der Waals surface area contributed by atoms with Crippen LogP contribution in [0.25, 0.3) is 0 Å². The first-order chi connectivity index (χ1) is 20.5. The number of hydrogen-bond acceptors (Lipinski definition) is 6. The van der Waals surface area contributed by atoms with Crippen molar-refractivity contribution in [2.45, 2.75) is 43.9 Å². The van der Waals surface area contributed by atoms with Crippen molar-refractivity contribution >= 4 is 22.8 Å². The highest BCUT2D eigenvalue weighted by atomic mass is 32.2. The standard InChI is InChI=1S/C36H42N2O3S/c1-3-41-35(40)27-37-22-19-29(20-23-37)25-30-26-38(24-21-34(30)42-28(2)39)36(31-13-7-4-8-14-31,32-15-9-5-10-16-32)33-17-11-6-12-18-33/h4-18,25,29,34H,3,19-24,26-27H2,1-2H3/b30-25-.